The lowest BCUT2D eigenvalue weighted by atomic mass is 10.2. The fraction of sp³-hybridized carbons (Fsp3) is 0.357. The Bertz CT molecular complexity index is 587. The van der Waals surface area contributed by atoms with E-state index in [0.717, 1.165) is 6.54 Å². The molecule has 2 aromatic rings. The van der Waals surface area contributed by atoms with Crippen LogP contribution in [-0.2, 0) is 0 Å². The molecule has 2 N–H and O–H groups in total. The normalized spacial score (nSPS) is 18.5. The largest absolute Gasteiger partial charge is 0.465 e. The fourth-order valence-corrected chi connectivity index (χ4v) is 3.51. The predicted molar refractivity (Wildman–Crippen MR) is 86.6 cm³/mol. The van der Waals surface area contributed by atoms with Crippen molar-refractivity contribution >= 4 is 43.4 Å². The molecule has 0 radical (unpaired) electrons. The van der Waals surface area contributed by atoms with Gasteiger partial charge in [-0.25, -0.2) is 4.79 Å². The van der Waals surface area contributed by atoms with E-state index >= 15 is 0 Å². The second-order valence-electron chi connectivity index (χ2n) is 4.66. The third kappa shape index (κ3) is 3.94. The Morgan fingerprint density at radius 2 is 2.30 bits per heavy atom. The molecule has 1 aliphatic rings. The third-order valence-electron chi connectivity index (χ3n) is 3.08. The first-order valence-electron chi connectivity index (χ1n) is 6.41. The van der Waals surface area contributed by atoms with E-state index in [1.54, 1.807) is 11.3 Å². The summed E-state index contributed by atoms with van der Waals surface area (Å²) in [7, 11) is 0. The highest BCUT2D eigenvalue weighted by molar-refractivity contribution is 9.10. The molecule has 3 rings (SSSR count). The molecule has 0 bridgehead atoms. The van der Waals surface area contributed by atoms with Gasteiger partial charge in [0.1, 0.15) is 0 Å². The molecule has 20 heavy (non-hydrogen) atoms. The lowest BCUT2D eigenvalue weighted by molar-refractivity contribution is 0.130. The Morgan fingerprint density at radius 3 is 2.90 bits per heavy atom. The Labute approximate surface area is 130 Å². The van der Waals surface area contributed by atoms with Crippen LogP contribution in [0.5, 0.6) is 0 Å². The van der Waals surface area contributed by atoms with E-state index in [1.807, 2.05) is 6.92 Å². The molecule has 6 heteroatoms. The number of halogens is 1. The number of piperazine rings is 1. The lowest BCUT2D eigenvalue weighted by Gasteiger charge is -2.29. The van der Waals surface area contributed by atoms with Gasteiger partial charge in [-0.3, -0.25) is 0 Å². The van der Waals surface area contributed by atoms with E-state index in [0.29, 0.717) is 19.1 Å². The van der Waals surface area contributed by atoms with Crippen LogP contribution >= 0.6 is 27.3 Å². The summed E-state index contributed by atoms with van der Waals surface area (Å²) in [5.74, 6) is 0. The molecule has 1 amide bonds. The zero-order chi connectivity index (χ0) is 14.5. The van der Waals surface area contributed by atoms with Crippen LogP contribution in [0.3, 0.4) is 0 Å². The van der Waals surface area contributed by atoms with Crippen LogP contribution in [0.4, 0.5) is 4.79 Å². The summed E-state index contributed by atoms with van der Waals surface area (Å²) >= 11 is 5.25. The van der Waals surface area contributed by atoms with E-state index in [2.05, 4.69) is 50.9 Å². The maximum absolute atomic E-state index is 10.4. The lowest BCUT2D eigenvalue weighted by Crippen LogP contribution is -2.50. The molecule has 1 atom stereocenters. The van der Waals surface area contributed by atoms with Crippen LogP contribution in [0.15, 0.2) is 34.1 Å². The highest BCUT2D eigenvalue weighted by atomic mass is 79.9. The summed E-state index contributed by atoms with van der Waals surface area (Å²) in [6.45, 7) is 3.97. The molecular weight excluding hydrogens is 340 g/mol. The van der Waals surface area contributed by atoms with Crippen molar-refractivity contribution in [3.05, 3.63) is 34.1 Å². The number of carbonyl (C=O) groups is 1. The first-order valence-corrected chi connectivity index (χ1v) is 8.08. The van der Waals surface area contributed by atoms with E-state index < -0.39 is 6.09 Å². The van der Waals surface area contributed by atoms with E-state index in [4.69, 9.17) is 5.11 Å². The van der Waals surface area contributed by atoms with Gasteiger partial charge in [0.05, 0.1) is 0 Å². The topological polar surface area (TPSA) is 52.6 Å². The standard InChI is InChI=1S/C8H5BrS.C6H12N2O2/c9-7-2-1-3-8-6(7)4-5-10-8;1-5-4-8(6(9)10)3-2-7-5/h1-5H;5,7H,2-4H2,1H3,(H,9,10). The van der Waals surface area contributed by atoms with Crippen molar-refractivity contribution in [1.29, 1.82) is 0 Å². The van der Waals surface area contributed by atoms with Crippen molar-refractivity contribution in [3.8, 4) is 0 Å². The molecule has 0 spiro atoms. The minimum Gasteiger partial charge on any atom is -0.465 e. The maximum Gasteiger partial charge on any atom is 0.407 e. The molecule has 0 saturated carbocycles. The van der Waals surface area contributed by atoms with E-state index in [9.17, 15) is 4.79 Å². The maximum atomic E-state index is 10.4. The number of benzene rings is 1. The molecule has 1 aromatic heterocycles. The number of nitrogens with zero attached hydrogens (tertiary/aromatic N) is 1. The molecule has 1 unspecified atom stereocenters. The van der Waals surface area contributed by atoms with Gasteiger partial charge in [-0.1, -0.05) is 22.0 Å². The average Bonchev–Trinajstić information content (AvgIpc) is 2.89. The van der Waals surface area contributed by atoms with Gasteiger partial charge in [0.15, 0.2) is 0 Å². The number of nitrogens with one attached hydrogen (secondary N) is 1. The van der Waals surface area contributed by atoms with Crippen molar-refractivity contribution in [1.82, 2.24) is 10.2 Å². The van der Waals surface area contributed by atoms with E-state index in [-0.39, 0.29) is 0 Å². The van der Waals surface area contributed by atoms with Gasteiger partial charge < -0.3 is 15.3 Å². The minimum atomic E-state index is -0.812. The zero-order valence-corrected chi connectivity index (χ0v) is 13.6. The van der Waals surface area contributed by atoms with Crippen molar-refractivity contribution in [2.24, 2.45) is 0 Å². The molecule has 1 saturated heterocycles. The van der Waals surface area contributed by atoms with Crippen molar-refractivity contribution < 1.29 is 9.90 Å². The van der Waals surface area contributed by atoms with Crippen LogP contribution in [0.25, 0.3) is 10.1 Å². The number of hydrogen-bond donors (Lipinski definition) is 2. The number of amides is 1. The number of fused-ring (bicyclic) bond motifs is 1. The molecule has 1 fully saturated rings. The Morgan fingerprint density at radius 1 is 1.50 bits per heavy atom. The molecule has 2 heterocycles. The molecule has 0 aliphatic carbocycles. The van der Waals surface area contributed by atoms with Gasteiger partial charge in [-0.2, -0.15) is 0 Å². The van der Waals surface area contributed by atoms with Crippen LogP contribution in [0.2, 0.25) is 0 Å². The van der Waals surface area contributed by atoms with Gasteiger partial charge in [0, 0.05) is 40.2 Å². The Balaban J connectivity index is 0.000000147. The number of thiophene rings is 1. The van der Waals surface area contributed by atoms with Gasteiger partial charge >= 0.3 is 6.09 Å². The Kier molecular flexibility index (Phi) is 5.39. The predicted octanol–water partition coefficient (Wildman–Crippen LogP) is 3.62. The third-order valence-corrected chi connectivity index (χ3v) is 4.66. The van der Waals surface area contributed by atoms with Crippen LogP contribution in [0, 0.1) is 0 Å². The van der Waals surface area contributed by atoms with Crippen molar-refractivity contribution in [2.75, 3.05) is 19.6 Å². The number of rotatable bonds is 0. The first kappa shape index (κ1) is 15.3. The summed E-state index contributed by atoms with van der Waals surface area (Å²) in [4.78, 5) is 11.8. The fourth-order valence-electron chi connectivity index (χ4n) is 2.06. The smallest absolute Gasteiger partial charge is 0.407 e. The van der Waals surface area contributed by atoms with Crippen molar-refractivity contribution in [2.45, 2.75) is 13.0 Å². The van der Waals surface area contributed by atoms with Crippen LogP contribution < -0.4 is 5.32 Å². The summed E-state index contributed by atoms with van der Waals surface area (Å²) in [6, 6.07) is 8.68. The first-order chi connectivity index (χ1) is 9.58. The van der Waals surface area contributed by atoms with Gasteiger partial charge in [0.25, 0.3) is 0 Å². The second-order valence-corrected chi connectivity index (χ2v) is 6.46. The summed E-state index contributed by atoms with van der Waals surface area (Å²) < 4.78 is 2.53. The molecule has 1 aliphatic heterocycles. The highest BCUT2D eigenvalue weighted by Crippen LogP contribution is 2.27. The summed E-state index contributed by atoms with van der Waals surface area (Å²) in [5, 5.41) is 15.1. The van der Waals surface area contributed by atoms with Crippen LogP contribution in [-0.4, -0.2) is 41.8 Å². The second kappa shape index (κ2) is 7.06. The van der Waals surface area contributed by atoms with Gasteiger partial charge in [-0.15, -0.1) is 11.3 Å². The molecule has 4 nitrogen and oxygen atoms in total. The molecule has 1 aromatic carbocycles. The molecular formula is C14H17BrN2O2S. The minimum absolute atomic E-state index is 0.296. The number of carboxylic acid groups (broad SMARTS) is 1. The Hall–Kier alpha value is -1.11. The summed E-state index contributed by atoms with van der Waals surface area (Å²) in [5.41, 5.74) is 0. The van der Waals surface area contributed by atoms with E-state index in [1.165, 1.54) is 19.5 Å². The highest BCUT2D eigenvalue weighted by Gasteiger charge is 2.18. The quantitative estimate of drug-likeness (QED) is 0.757. The van der Waals surface area contributed by atoms with Crippen LogP contribution in [0.1, 0.15) is 6.92 Å². The van der Waals surface area contributed by atoms with Gasteiger partial charge in [-0.05, 0) is 30.5 Å². The van der Waals surface area contributed by atoms with Crippen molar-refractivity contribution in [3.63, 3.8) is 0 Å². The summed E-state index contributed by atoms with van der Waals surface area (Å²) in [6.07, 6.45) is -0.812. The average molecular weight is 357 g/mol. The molecule has 108 valence electrons. The SMILES string of the molecule is Brc1cccc2sccc12.CC1CN(C(=O)O)CCN1. The number of hydrogen-bond acceptors (Lipinski definition) is 3. The monoisotopic (exact) mass is 356 g/mol. The van der Waals surface area contributed by atoms with Gasteiger partial charge in [0.2, 0.25) is 0 Å². The zero-order valence-electron chi connectivity index (χ0n) is 11.2.